The molecule has 1 fully saturated rings. The Morgan fingerprint density at radius 3 is 2.88 bits per heavy atom. The van der Waals surface area contributed by atoms with Crippen LogP contribution >= 0.6 is 0 Å². The Labute approximate surface area is 193 Å². The molecule has 1 amide bonds. The minimum absolute atomic E-state index is 0.0505. The molecule has 2 aromatic carbocycles. The summed E-state index contributed by atoms with van der Waals surface area (Å²) in [6.45, 7) is 1.89. The molecule has 0 aliphatic carbocycles. The van der Waals surface area contributed by atoms with Crippen molar-refractivity contribution in [2.24, 2.45) is 0 Å². The third-order valence-corrected chi connectivity index (χ3v) is 6.20. The first-order chi connectivity index (χ1) is 16.1. The molecule has 2 N–H and O–H groups in total. The van der Waals surface area contributed by atoms with Crippen molar-refractivity contribution in [1.29, 1.82) is 0 Å². The summed E-state index contributed by atoms with van der Waals surface area (Å²) in [5.74, 6) is 1.83. The summed E-state index contributed by atoms with van der Waals surface area (Å²) in [4.78, 5) is 24.4. The van der Waals surface area contributed by atoms with Gasteiger partial charge in [-0.2, -0.15) is 0 Å². The number of aromatic nitrogens is 2. The van der Waals surface area contributed by atoms with Gasteiger partial charge >= 0.3 is 0 Å². The highest BCUT2D eigenvalue weighted by atomic mass is 16.5. The number of hydrogen-bond acceptors (Lipinski definition) is 7. The van der Waals surface area contributed by atoms with Gasteiger partial charge in [0.05, 0.1) is 26.0 Å². The predicted molar refractivity (Wildman–Crippen MR) is 126 cm³/mol. The van der Waals surface area contributed by atoms with Gasteiger partial charge in [0.25, 0.3) is 0 Å². The maximum atomic E-state index is 13.1. The van der Waals surface area contributed by atoms with E-state index in [1.807, 2.05) is 36.4 Å². The van der Waals surface area contributed by atoms with Crippen LogP contribution in [0, 0.1) is 0 Å². The Hall–Kier alpha value is -3.65. The Morgan fingerprint density at radius 1 is 1.12 bits per heavy atom. The number of carbonyl (C=O) groups excluding carboxylic acids is 1. The van der Waals surface area contributed by atoms with Gasteiger partial charge in [0.15, 0.2) is 11.5 Å². The fraction of sp³-hybridized carbons (Fsp3) is 0.320. The molecule has 0 radical (unpaired) electrons. The van der Waals surface area contributed by atoms with Crippen molar-refractivity contribution in [3.63, 3.8) is 0 Å². The molecule has 1 saturated heterocycles. The van der Waals surface area contributed by atoms with Crippen LogP contribution in [0.5, 0.6) is 11.5 Å². The molecule has 1 atom stereocenters. The number of amides is 1. The molecular formula is C25H27N5O3. The molecule has 0 spiro atoms. The van der Waals surface area contributed by atoms with Crippen molar-refractivity contribution in [1.82, 2.24) is 20.2 Å². The maximum absolute atomic E-state index is 13.1. The van der Waals surface area contributed by atoms with E-state index < -0.39 is 0 Å². The van der Waals surface area contributed by atoms with Gasteiger partial charge < -0.3 is 20.1 Å². The maximum Gasteiger partial charge on any atom is 0.237 e. The molecule has 3 aromatic rings. The van der Waals surface area contributed by atoms with E-state index in [0.717, 1.165) is 47.5 Å². The van der Waals surface area contributed by atoms with E-state index in [9.17, 15) is 4.79 Å². The number of nitrogens with one attached hydrogen (secondary N) is 2. The molecule has 33 heavy (non-hydrogen) atoms. The van der Waals surface area contributed by atoms with Crippen LogP contribution in [-0.4, -0.2) is 47.6 Å². The topological polar surface area (TPSA) is 88.6 Å². The quantitative estimate of drug-likeness (QED) is 0.624. The third kappa shape index (κ3) is 4.34. The van der Waals surface area contributed by atoms with E-state index in [0.29, 0.717) is 30.5 Å². The second-order valence-corrected chi connectivity index (χ2v) is 8.31. The molecule has 8 nitrogen and oxygen atoms in total. The summed E-state index contributed by atoms with van der Waals surface area (Å²) in [5, 5.41) is 6.44. The zero-order chi connectivity index (χ0) is 22.8. The predicted octanol–water partition coefficient (Wildman–Crippen LogP) is 3.50. The van der Waals surface area contributed by atoms with Crippen LogP contribution in [0.1, 0.15) is 24.0 Å². The van der Waals surface area contributed by atoms with Crippen LogP contribution in [0.15, 0.2) is 48.7 Å². The highest BCUT2D eigenvalue weighted by molar-refractivity contribution is 5.82. The number of rotatable bonds is 2. The number of ether oxygens (including phenoxy) is 2. The number of nitrogens with zero attached hydrogens (tertiary/aromatic N) is 3. The van der Waals surface area contributed by atoms with Crippen molar-refractivity contribution in [2.75, 3.05) is 26.1 Å². The van der Waals surface area contributed by atoms with Crippen LogP contribution in [0.3, 0.4) is 0 Å². The molecule has 2 aliphatic heterocycles. The van der Waals surface area contributed by atoms with Crippen molar-refractivity contribution in [3.05, 3.63) is 59.8 Å². The van der Waals surface area contributed by atoms with E-state index >= 15 is 0 Å². The highest BCUT2D eigenvalue weighted by Crippen LogP contribution is 2.37. The molecule has 2 aliphatic rings. The summed E-state index contributed by atoms with van der Waals surface area (Å²) >= 11 is 0. The van der Waals surface area contributed by atoms with E-state index in [-0.39, 0.29) is 11.9 Å². The first-order valence-electron chi connectivity index (χ1n) is 11.1. The van der Waals surface area contributed by atoms with Crippen LogP contribution in [-0.2, 0) is 17.9 Å². The van der Waals surface area contributed by atoms with Crippen LogP contribution in [0.2, 0.25) is 0 Å². The van der Waals surface area contributed by atoms with Crippen LogP contribution in [0.25, 0.3) is 11.3 Å². The first-order valence-corrected chi connectivity index (χ1v) is 11.1. The average Bonchev–Trinajstić information content (AvgIpc) is 3.30. The summed E-state index contributed by atoms with van der Waals surface area (Å²) < 4.78 is 11.3. The van der Waals surface area contributed by atoms with Gasteiger partial charge in [-0.05, 0) is 43.1 Å². The van der Waals surface area contributed by atoms with E-state index in [2.05, 4.69) is 26.6 Å². The van der Waals surface area contributed by atoms with Crippen LogP contribution < -0.4 is 20.1 Å². The standard InChI is InChI=1S/C25H27N5O3/c1-32-22-13-19-12-18(23(22)33-2)15-30-10-4-7-21(30)24(31)27-14-16-5-3-6-17(11-16)20-8-9-26-25(28-19)29-20/h3,5-6,8-9,11-13,21H,4,7,10,14-15H2,1-2H3,(H,27,31)(H,26,28,29)/t21-/m0/s1. The molecule has 3 heterocycles. The summed E-state index contributed by atoms with van der Waals surface area (Å²) in [6.07, 6.45) is 3.55. The largest absolute Gasteiger partial charge is 0.493 e. The third-order valence-electron chi connectivity index (χ3n) is 6.20. The monoisotopic (exact) mass is 445 g/mol. The lowest BCUT2D eigenvalue weighted by Gasteiger charge is -2.25. The molecule has 1 aromatic heterocycles. The van der Waals surface area contributed by atoms with Gasteiger partial charge in [-0.1, -0.05) is 18.2 Å². The normalized spacial score (nSPS) is 18.1. The van der Waals surface area contributed by atoms with Gasteiger partial charge in [-0.3, -0.25) is 9.69 Å². The fourth-order valence-corrected chi connectivity index (χ4v) is 4.62. The minimum Gasteiger partial charge on any atom is -0.493 e. The highest BCUT2D eigenvalue weighted by Gasteiger charge is 2.31. The SMILES string of the molecule is COc1cc2cc(c1OC)CN1CCC[C@H]1C(=O)NCc1cccc(c1)-c1ccnc(n1)N2. The lowest BCUT2D eigenvalue weighted by molar-refractivity contribution is -0.125. The van der Waals surface area contributed by atoms with Crippen molar-refractivity contribution >= 4 is 17.5 Å². The van der Waals surface area contributed by atoms with Crippen molar-refractivity contribution < 1.29 is 14.3 Å². The van der Waals surface area contributed by atoms with Gasteiger partial charge in [0.1, 0.15) is 0 Å². The fourth-order valence-electron chi connectivity index (χ4n) is 4.62. The number of benzene rings is 2. The first kappa shape index (κ1) is 21.2. The van der Waals surface area contributed by atoms with Gasteiger partial charge in [-0.15, -0.1) is 0 Å². The Balaban J connectivity index is 1.61. The van der Waals surface area contributed by atoms with Crippen molar-refractivity contribution in [2.45, 2.75) is 32.0 Å². The van der Waals surface area contributed by atoms with Gasteiger partial charge in [0.2, 0.25) is 11.9 Å². The number of methoxy groups -OCH3 is 2. The molecule has 0 unspecified atom stereocenters. The Kier molecular flexibility index (Phi) is 5.83. The van der Waals surface area contributed by atoms with Gasteiger partial charge in [-0.25, -0.2) is 9.97 Å². The summed E-state index contributed by atoms with van der Waals surface area (Å²) in [5.41, 5.74) is 4.53. The zero-order valence-electron chi connectivity index (χ0n) is 18.8. The number of anilines is 2. The summed E-state index contributed by atoms with van der Waals surface area (Å²) in [7, 11) is 3.25. The second-order valence-electron chi connectivity index (χ2n) is 8.31. The van der Waals surface area contributed by atoms with Crippen molar-refractivity contribution in [3.8, 4) is 22.8 Å². The lowest BCUT2D eigenvalue weighted by atomic mass is 10.1. The molecule has 6 bridgehead atoms. The van der Waals surface area contributed by atoms with Gasteiger partial charge in [0, 0.05) is 42.2 Å². The number of fused-ring (bicyclic) bond motifs is 8. The lowest BCUT2D eigenvalue weighted by Crippen LogP contribution is -2.42. The number of carbonyl (C=O) groups is 1. The van der Waals surface area contributed by atoms with E-state index in [1.54, 1.807) is 20.4 Å². The molecule has 0 saturated carbocycles. The summed E-state index contributed by atoms with van der Waals surface area (Å²) in [6, 6.07) is 13.6. The zero-order valence-corrected chi connectivity index (χ0v) is 18.8. The molecule has 170 valence electrons. The van der Waals surface area contributed by atoms with E-state index in [1.165, 1.54) is 0 Å². The smallest absolute Gasteiger partial charge is 0.237 e. The molecule has 5 rings (SSSR count). The van der Waals surface area contributed by atoms with E-state index in [4.69, 9.17) is 14.5 Å². The number of hydrogen-bond donors (Lipinski definition) is 2. The molecule has 8 heteroatoms. The average molecular weight is 446 g/mol. The Bertz CT molecular complexity index is 1180. The molecular weight excluding hydrogens is 418 g/mol. The van der Waals surface area contributed by atoms with Crippen LogP contribution in [0.4, 0.5) is 11.6 Å². The minimum atomic E-state index is -0.176. The Morgan fingerprint density at radius 2 is 2.03 bits per heavy atom. The second kappa shape index (κ2) is 9.07.